The molecular formula is C32H42FN3O3. The lowest BCUT2D eigenvalue weighted by Gasteiger charge is -2.26. The topological polar surface area (TPSA) is 65.4 Å². The van der Waals surface area contributed by atoms with Gasteiger partial charge in [-0.15, -0.1) is 0 Å². The highest BCUT2D eigenvalue weighted by Gasteiger charge is 2.22. The van der Waals surface area contributed by atoms with Crippen molar-refractivity contribution in [2.24, 2.45) is 4.99 Å². The van der Waals surface area contributed by atoms with Crippen molar-refractivity contribution < 1.29 is 19.0 Å². The lowest BCUT2D eigenvalue weighted by atomic mass is 10.0. The van der Waals surface area contributed by atoms with Crippen molar-refractivity contribution in [2.75, 3.05) is 34.3 Å². The number of benzene rings is 2. The molecule has 2 aromatic carbocycles. The smallest absolute Gasteiger partial charge is 0.273 e. The standard InChI is InChI=1S/C32H42FN3O3/c1-9-27-20-28(14-15-29(27)33)25(5)31(34-23(3)11-10-12-24(4)39-8)32(38)36(18-17-35(6)7)21-26-13-16-30(37)22(2)19-26/h10-16,19-20,37H,9,17-18,21H2,1-8H3/b11-10-,24-12+,31-25+,34-23+. The van der Waals surface area contributed by atoms with Gasteiger partial charge in [0.15, 0.2) is 0 Å². The first kappa shape index (κ1) is 31.5. The molecule has 0 bridgehead atoms. The molecule has 0 aliphatic heterocycles. The van der Waals surface area contributed by atoms with Crippen LogP contribution in [0.15, 0.2) is 71.1 Å². The summed E-state index contributed by atoms with van der Waals surface area (Å²) in [6.07, 6.45) is 6.01. The van der Waals surface area contributed by atoms with E-state index in [4.69, 9.17) is 9.73 Å². The number of allylic oxidation sites excluding steroid dienone is 5. The van der Waals surface area contributed by atoms with E-state index in [1.165, 1.54) is 6.07 Å². The van der Waals surface area contributed by atoms with Crippen LogP contribution in [0.4, 0.5) is 4.39 Å². The molecule has 1 amide bonds. The molecule has 0 heterocycles. The molecule has 0 saturated carbocycles. The van der Waals surface area contributed by atoms with E-state index >= 15 is 0 Å². The van der Waals surface area contributed by atoms with Gasteiger partial charge in [-0.05, 0) is 106 Å². The maximum Gasteiger partial charge on any atom is 0.273 e. The van der Waals surface area contributed by atoms with E-state index < -0.39 is 0 Å². The van der Waals surface area contributed by atoms with Crippen LogP contribution in [0.1, 0.15) is 49.9 Å². The highest BCUT2D eigenvalue weighted by atomic mass is 19.1. The Morgan fingerprint density at radius 1 is 1.10 bits per heavy atom. The quantitative estimate of drug-likeness (QED) is 0.150. The number of nitrogens with zero attached hydrogens (tertiary/aromatic N) is 3. The second-order valence-corrected chi connectivity index (χ2v) is 9.88. The number of halogens is 1. The minimum Gasteiger partial charge on any atom is -0.508 e. The monoisotopic (exact) mass is 535 g/mol. The number of rotatable bonds is 12. The number of carbonyl (C=O) groups excluding carboxylic acids is 1. The molecule has 39 heavy (non-hydrogen) atoms. The number of phenols is 1. The van der Waals surface area contributed by atoms with E-state index in [0.29, 0.717) is 48.6 Å². The predicted molar refractivity (Wildman–Crippen MR) is 158 cm³/mol. The van der Waals surface area contributed by atoms with Gasteiger partial charge in [-0.1, -0.05) is 31.2 Å². The van der Waals surface area contributed by atoms with Crippen LogP contribution in [-0.2, 0) is 22.5 Å². The molecule has 6 nitrogen and oxygen atoms in total. The second-order valence-electron chi connectivity index (χ2n) is 9.88. The van der Waals surface area contributed by atoms with Gasteiger partial charge >= 0.3 is 0 Å². The molecule has 0 fully saturated rings. The Balaban J connectivity index is 2.63. The van der Waals surface area contributed by atoms with Crippen LogP contribution in [0.25, 0.3) is 5.57 Å². The lowest BCUT2D eigenvalue weighted by Crippen LogP contribution is -2.37. The summed E-state index contributed by atoms with van der Waals surface area (Å²) < 4.78 is 19.5. The normalized spacial score (nSPS) is 13.2. The number of amides is 1. The van der Waals surface area contributed by atoms with Crippen molar-refractivity contribution in [3.8, 4) is 5.75 Å². The molecule has 0 saturated heterocycles. The summed E-state index contributed by atoms with van der Waals surface area (Å²) in [5, 5.41) is 9.98. The SMILES string of the molecule is CCc1cc(/C(C)=C(/N=C(C)/C=C\C=C(/C)OC)C(=O)N(CCN(C)C)Cc2ccc(O)c(C)c2)ccc1F. The molecule has 7 heteroatoms. The van der Waals surface area contributed by atoms with Crippen LogP contribution in [0.3, 0.4) is 0 Å². The van der Waals surface area contributed by atoms with E-state index in [-0.39, 0.29) is 17.5 Å². The third kappa shape index (κ3) is 9.52. The summed E-state index contributed by atoms with van der Waals surface area (Å²) in [7, 11) is 5.53. The highest BCUT2D eigenvalue weighted by molar-refractivity contribution is 6.05. The van der Waals surface area contributed by atoms with Gasteiger partial charge in [-0.2, -0.15) is 0 Å². The number of likely N-dealkylation sites (N-methyl/N-ethyl adjacent to an activating group) is 1. The van der Waals surface area contributed by atoms with E-state index in [2.05, 4.69) is 0 Å². The van der Waals surface area contributed by atoms with Gasteiger partial charge in [0, 0.05) is 25.3 Å². The van der Waals surface area contributed by atoms with Gasteiger partial charge in [-0.3, -0.25) is 4.79 Å². The molecule has 0 aliphatic rings. The van der Waals surface area contributed by atoms with Crippen LogP contribution in [0.2, 0.25) is 0 Å². The zero-order valence-electron chi connectivity index (χ0n) is 24.5. The van der Waals surface area contributed by atoms with Crippen molar-refractivity contribution in [1.82, 2.24) is 9.80 Å². The third-order valence-electron chi connectivity index (χ3n) is 6.43. The van der Waals surface area contributed by atoms with Gasteiger partial charge in [0.1, 0.15) is 17.3 Å². The molecule has 0 aliphatic carbocycles. The third-order valence-corrected chi connectivity index (χ3v) is 6.43. The Hall–Kier alpha value is -3.71. The lowest BCUT2D eigenvalue weighted by molar-refractivity contribution is -0.127. The first-order valence-corrected chi connectivity index (χ1v) is 13.1. The average molecular weight is 536 g/mol. The number of methoxy groups -OCH3 is 1. The Bertz CT molecular complexity index is 1280. The molecule has 2 aromatic rings. The first-order chi connectivity index (χ1) is 18.5. The summed E-state index contributed by atoms with van der Waals surface area (Å²) in [6.45, 7) is 10.8. The van der Waals surface area contributed by atoms with E-state index in [1.807, 2.05) is 84.0 Å². The molecule has 0 radical (unpaired) electrons. The van der Waals surface area contributed by atoms with Crippen LogP contribution in [-0.4, -0.2) is 60.8 Å². The summed E-state index contributed by atoms with van der Waals surface area (Å²) in [4.78, 5) is 22.7. The minimum atomic E-state index is -0.264. The molecule has 0 atom stereocenters. The van der Waals surface area contributed by atoms with Gasteiger partial charge in [0.25, 0.3) is 5.91 Å². The fourth-order valence-electron chi connectivity index (χ4n) is 3.87. The fourth-order valence-corrected chi connectivity index (χ4v) is 3.87. The first-order valence-electron chi connectivity index (χ1n) is 13.1. The van der Waals surface area contributed by atoms with Crippen molar-refractivity contribution in [3.05, 3.63) is 94.2 Å². The van der Waals surface area contributed by atoms with Gasteiger partial charge in [0.05, 0.1) is 12.9 Å². The Labute approximate surface area is 232 Å². The maximum absolute atomic E-state index is 14.3. The van der Waals surface area contributed by atoms with Crippen molar-refractivity contribution in [3.63, 3.8) is 0 Å². The number of hydrogen-bond donors (Lipinski definition) is 1. The zero-order chi connectivity index (χ0) is 29.1. The van der Waals surface area contributed by atoms with Crippen molar-refractivity contribution in [2.45, 2.75) is 47.6 Å². The average Bonchev–Trinajstić information content (AvgIpc) is 2.90. The number of aliphatic imine (C=N–C) groups is 1. The van der Waals surface area contributed by atoms with E-state index in [1.54, 1.807) is 30.2 Å². The summed E-state index contributed by atoms with van der Waals surface area (Å²) in [5.41, 5.74) is 4.60. The molecule has 2 rings (SSSR count). The molecule has 0 spiro atoms. The van der Waals surface area contributed by atoms with E-state index in [0.717, 1.165) is 22.4 Å². The van der Waals surface area contributed by atoms with Crippen molar-refractivity contribution >= 4 is 17.2 Å². The number of aromatic hydroxyl groups is 1. The molecule has 0 unspecified atom stereocenters. The summed E-state index contributed by atoms with van der Waals surface area (Å²) >= 11 is 0. The van der Waals surface area contributed by atoms with Crippen LogP contribution >= 0.6 is 0 Å². The molecule has 0 aromatic heterocycles. The molecule has 210 valence electrons. The number of carbonyl (C=O) groups is 1. The summed E-state index contributed by atoms with van der Waals surface area (Å²) in [5.74, 6) is 0.479. The second kappa shape index (κ2) is 15.0. The van der Waals surface area contributed by atoms with E-state index in [9.17, 15) is 14.3 Å². The highest BCUT2D eigenvalue weighted by Crippen LogP contribution is 2.25. The number of aryl methyl sites for hydroxylation is 2. The number of phenolic OH excluding ortho intramolecular Hbond substituents is 1. The Kier molecular flexibility index (Phi) is 12.1. The number of ether oxygens (including phenoxy) is 1. The Morgan fingerprint density at radius 2 is 1.82 bits per heavy atom. The molecule has 1 N–H and O–H groups in total. The largest absolute Gasteiger partial charge is 0.508 e. The zero-order valence-corrected chi connectivity index (χ0v) is 24.5. The van der Waals surface area contributed by atoms with Gasteiger partial charge in [0.2, 0.25) is 0 Å². The van der Waals surface area contributed by atoms with Crippen LogP contribution in [0, 0.1) is 12.7 Å². The van der Waals surface area contributed by atoms with Gasteiger partial charge < -0.3 is 19.6 Å². The van der Waals surface area contributed by atoms with Crippen LogP contribution in [0.5, 0.6) is 5.75 Å². The van der Waals surface area contributed by atoms with Crippen molar-refractivity contribution in [1.29, 1.82) is 0 Å². The summed E-state index contributed by atoms with van der Waals surface area (Å²) in [6, 6.07) is 10.3. The molecular weight excluding hydrogens is 493 g/mol. The Morgan fingerprint density at radius 3 is 2.44 bits per heavy atom. The van der Waals surface area contributed by atoms with Crippen LogP contribution < -0.4 is 0 Å². The number of hydrogen-bond acceptors (Lipinski definition) is 5. The van der Waals surface area contributed by atoms with Gasteiger partial charge in [-0.25, -0.2) is 9.38 Å². The predicted octanol–water partition coefficient (Wildman–Crippen LogP) is 6.29. The minimum absolute atomic E-state index is 0.217. The fraction of sp³-hybridized carbons (Fsp3) is 0.375. The maximum atomic E-state index is 14.3.